The molecule has 3 aromatic carbocycles. The molecule has 0 amide bonds. The van der Waals surface area contributed by atoms with Gasteiger partial charge in [0.15, 0.2) is 14.1 Å². The van der Waals surface area contributed by atoms with Gasteiger partial charge in [-0.1, -0.05) is 118 Å². The lowest BCUT2D eigenvalue weighted by molar-refractivity contribution is -0.152. The van der Waals surface area contributed by atoms with Crippen LogP contribution in [0.5, 0.6) is 0 Å². The van der Waals surface area contributed by atoms with Gasteiger partial charge in [0, 0.05) is 13.1 Å². The van der Waals surface area contributed by atoms with Crippen molar-refractivity contribution in [1.82, 2.24) is 4.90 Å². The van der Waals surface area contributed by atoms with E-state index in [1.165, 1.54) is 0 Å². The van der Waals surface area contributed by atoms with Gasteiger partial charge in [-0.25, -0.2) is 0 Å². The van der Waals surface area contributed by atoms with Crippen molar-refractivity contribution < 1.29 is 18.8 Å². The van der Waals surface area contributed by atoms with Crippen LogP contribution < -0.4 is 0 Å². The van der Waals surface area contributed by atoms with Crippen LogP contribution in [0.25, 0.3) is 0 Å². The SMILES string of the molecule is C[C@H](O[Si](C)(C)C(C)(C)C)C(=O)/C=C/CC[C@@H](C(=O)OCc1ccccc1)N(Cc1ccccc1)Cc1ccccc1. The van der Waals surface area contributed by atoms with Crippen LogP contribution in [0.1, 0.15) is 57.2 Å². The standard InChI is InChI=1S/C36H47NO4Si/c1-29(41-42(5,6)36(2,3)4)34(38)25-17-16-24-33(35(39)40-28-32-22-14-9-15-23-32)37(26-30-18-10-7-11-19-30)27-31-20-12-8-13-21-31/h7-15,17-23,25,29,33H,16,24,26-28H2,1-6H3/b25-17+/t29-,33-/m0/s1. The monoisotopic (exact) mass is 585 g/mol. The molecule has 0 spiro atoms. The number of hydrogen-bond donors (Lipinski definition) is 0. The van der Waals surface area contributed by atoms with E-state index in [1.54, 1.807) is 6.08 Å². The predicted octanol–water partition coefficient (Wildman–Crippen LogP) is 8.12. The molecule has 0 aliphatic heterocycles. The van der Waals surface area contributed by atoms with Crippen molar-refractivity contribution in [2.45, 2.75) is 90.5 Å². The Morgan fingerprint density at radius 3 is 1.76 bits per heavy atom. The largest absolute Gasteiger partial charge is 0.460 e. The Morgan fingerprint density at radius 2 is 1.29 bits per heavy atom. The average molecular weight is 586 g/mol. The average Bonchev–Trinajstić information content (AvgIpc) is 2.96. The number of rotatable bonds is 15. The van der Waals surface area contributed by atoms with Crippen LogP contribution in [0.3, 0.4) is 0 Å². The van der Waals surface area contributed by atoms with Gasteiger partial charge in [0.1, 0.15) is 18.8 Å². The van der Waals surface area contributed by atoms with E-state index < -0.39 is 20.5 Å². The van der Waals surface area contributed by atoms with Crippen molar-refractivity contribution in [2.24, 2.45) is 0 Å². The molecule has 2 atom stereocenters. The summed E-state index contributed by atoms with van der Waals surface area (Å²) in [5, 5.41) is 0.0273. The predicted molar refractivity (Wildman–Crippen MR) is 173 cm³/mol. The highest BCUT2D eigenvalue weighted by Gasteiger charge is 2.39. The van der Waals surface area contributed by atoms with E-state index in [4.69, 9.17) is 9.16 Å². The molecule has 0 fully saturated rings. The molecule has 0 aromatic heterocycles. The number of allylic oxidation sites excluding steroid dienone is 1. The first kappa shape index (κ1) is 33.2. The second-order valence-corrected chi connectivity index (χ2v) is 17.1. The molecule has 0 unspecified atom stereocenters. The highest BCUT2D eigenvalue weighted by molar-refractivity contribution is 6.74. The molecule has 3 aromatic rings. The van der Waals surface area contributed by atoms with E-state index >= 15 is 0 Å². The van der Waals surface area contributed by atoms with Crippen LogP contribution in [0, 0.1) is 0 Å². The molecule has 42 heavy (non-hydrogen) atoms. The summed E-state index contributed by atoms with van der Waals surface area (Å²) in [7, 11) is -2.06. The second kappa shape index (κ2) is 15.8. The minimum absolute atomic E-state index is 0.0273. The second-order valence-electron chi connectivity index (χ2n) is 12.4. The topological polar surface area (TPSA) is 55.8 Å². The van der Waals surface area contributed by atoms with Gasteiger partial charge in [0.25, 0.3) is 0 Å². The van der Waals surface area contributed by atoms with Crippen LogP contribution in [0.4, 0.5) is 0 Å². The Hall–Kier alpha value is -3.32. The Kier molecular flexibility index (Phi) is 12.5. The Morgan fingerprint density at radius 1 is 0.810 bits per heavy atom. The Balaban J connectivity index is 1.77. The molecular formula is C36H47NO4Si. The van der Waals surface area contributed by atoms with E-state index in [-0.39, 0.29) is 23.4 Å². The van der Waals surface area contributed by atoms with Crippen LogP contribution in [0.2, 0.25) is 18.1 Å². The first-order chi connectivity index (χ1) is 20.0. The molecule has 0 aliphatic carbocycles. The van der Waals surface area contributed by atoms with E-state index in [9.17, 15) is 9.59 Å². The smallest absolute Gasteiger partial charge is 0.323 e. The highest BCUT2D eigenvalue weighted by Crippen LogP contribution is 2.37. The minimum Gasteiger partial charge on any atom is -0.460 e. The summed E-state index contributed by atoms with van der Waals surface area (Å²) in [6.45, 7) is 14.1. The first-order valence-electron chi connectivity index (χ1n) is 14.9. The molecule has 224 valence electrons. The summed E-state index contributed by atoms with van der Waals surface area (Å²) in [5.74, 6) is -0.312. The van der Waals surface area contributed by atoms with E-state index in [0.29, 0.717) is 25.9 Å². The number of carbonyl (C=O) groups excluding carboxylic acids is 2. The maximum atomic E-state index is 13.7. The molecule has 0 radical (unpaired) electrons. The first-order valence-corrected chi connectivity index (χ1v) is 17.8. The zero-order valence-corrected chi connectivity index (χ0v) is 27.1. The molecule has 0 bridgehead atoms. The summed E-state index contributed by atoms with van der Waals surface area (Å²) < 4.78 is 12.1. The Bertz CT molecular complexity index is 1230. The van der Waals surface area contributed by atoms with E-state index in [0.717, 1.165) is 16.7 Å². The number of ketones is 1. The van der Waals surface area contributed by atoms with Crippen molar-refractivity contribution in [3.8, 4) is 0 Å². The van der Waals surface area contributed by atoms with Gasteiger partial charge in [0.05, 0.1) is 0 Å². The van der Waals surface area contributed by atoms with Gasteiger partial charge >= 0.3 is 5.97 Å². The molecule has 0 aliphatic rings. The van der Waals surface area contributed by atoms with Crippen molar-refractivity contribution in [1.29, 1.82) is 0 Å². The number of hydrogen-bond acceptors (Lipinski definition) is 5. The number of carbonyl (C=O) groups is 2. The third-order valence-corrected chi connectivity index (χ3v) is 12.5. The Labute approximate surface area is 253 Å². The number of esters is 1. The zero-order chi connectivity index (χ0) is 30.6. The van der Waals surface area contributed by atoms with Crippen molar-refractivity contribution in [2.75, 3.05) is 0 Å². The fraction of sp³-hybridized carbons (Fsp3) is 0.389. The van der Waals surface area contributed by atoms with Gasteiger partial charge in [-0.2, -0.15) is 0 Å². The van der Waals surface area contributed by atoms with Gasteiger partial charge in [-0.3, -0.25) is 14.5 Å². The lowest BCUT2D eigenvalue weighted by atomic mass is 10.1. The van der Waals surface area contributed by atoms with Crippen LogP contribution in [0.15, 0.2) is 103 Å². The quantitative estimate of drug-likeness (QED) is 0.102. The van der Waals surface area contributed by atoms with E-state index in [2.05, 4.69) is 63.0 Å². The van der Waals surface area contributed by atoms with Gasteiger partial charge in [-0.05, 0) is 60.7 Å². The van der Waals surface area contributed by atoms with Gasteiger partial charge in [0.2, 0.25) is 0 Å². The normalized spacial score (nSPS) is 13.7. The summed E-state index contributed by atoms with van der Waals surface area (Å²) in [6.07, 6.45) is 4.07. The molecule has 0 saturated carbocycles. The lowest BCUT2D eigenvalue weighted by Gasteiger charge is -2.37. The lowest BCUT2D eigenvalue weighted by Crippen LogP contribution is -2.44. The number of nitrogens with zero attached hydrogens (tertiary/aromatic N) is 1. The molecular weight excluding hydrogens is 538 g/mol. The fourth-order valence-corrected chi connectivity index (χ4v) is 5.81. The zero-order valence-electron chi connectivity index (χ0n) is 26.1. The van der Waals surface area contributed by atoms with Crippen LogP contribution in [-0.4, -0.2) is 37.1 Å². The van der Waals surface area contributed by atoms with E-state index in [1.807, 2.05) is 79.7 Å². The van der Waals surface area contributed by atoms with Crippen LogP contribution in [-0.2, 0) is 38.4 Å². The third kappa shape index (κ3) is 10.5. The van der Waals surface area contributed by atoms with Crippen molar-refractivity contribution in [3.05, 3.63) is 120 Å². The molecule has 0 heterocycles. The third-order valence-electron chi connectivity index (χ3n) is 7.96. The van der Waals surface area contributed by atoms with Crippen molar-refractivity contribution in [3.63, 3.8) is 0 Å². The summed E-state index contributed by atoms with van der Waals surface area (Å²) >= 11 is 0. The molecule has 0 N–H and O–H groups in total. The number of ether oxygens (including phenoxy) is 1. The summed E-state index contributed by atoms with van der Waals surface area (Å²) in [5.41, 5.74) is 3.19. The van der Waals surface area contributed by atoms with Gasteiger partial charge in [-0.15, -0.1) is 0 Å². The number of benzene rings is 3. The molecule has 6 heteroatoms. The maximum absolute atomic E-state index is 13.7. The van der Waals surface area contributed by atoms with Crippen LogP contribution >= 0.6 is 0 Å². The summed E-state index contributed by atoms with van der Waals surface area (Å²) in [6, 6.07) is 29.6. The molecule has 5 nitrogen and oxygen atoms in total. The minimum atomic E-state index is -2.06. The fourth-order valence-electron chi connectivity index (χ4n) is 4.45. The highest BCUT2D eigenvalue weighted by atomic mass is 28.4. The van der Waals surface area contributed by atoms with Gasteiger partial charge < -0.3 is 9.16 Å². The van der Waals surface area contributed by atoms with Crippen molar-refractivity contribution >= 4 is 20.1 Å². The maximum Gasteiger partial charge on any atom is 0.323 e. The summed E-state index contributed by atoms with van der Waals surface area (Å²) in [4.78, 5) is 28.7. The molecule has 0 saturated heterocycles. The molecule has 3 rings (SSSR count).